The minimum absolute atomic E-state index is 0.155. The monoisotopic (exact) mass is 448 g/mol. The summed E-state index contributed by atoms with van der Waals surface area (Å²) in [5.41, 5.74) is 1.36. The zero-order valence-electron chi connectivity index (χ0n) is 17.2. The van der Waals surface area contributed by atoms with Crippen molar-refractivity contribution in [2.75, 3.05) is 17.2 Å². The van der Waals surface area contributed by atoms with Crippen LogP contribution >= 0.6 is 11.3 Å². The van der Waals surface area contributed by atoms with Gasteiger partial charge in [-0.2, -0.15) is 0 Å². The molecule has 0 saturated carbocycles. The number of thiophene rings is 1. The molecule has 0 saturated heterocycles. The third kappa shape index (κ3) is 4.84. The number of anilines is 2. The summed E-state index contributed by atoms with van der Waals surface area (Å²) < 4.78 is 6.65. The van der Waals surface area contributed by atoms with Gasteiger partial charge in [0.1, 0.15) is 17.1 Å². The molecule has 0 spiro atoms. The Balaban J connectivity index is 1.36. The maximum Gasteiger partial charge on any atom is 0.262 e. The molecule has 0 unspecified atom stereocenters. The maximum atomic E-state index is 12.4. The molecular weight excluding hydrogens is 428 g/mol. The lowest BCUT2D eigenvalue weighted by Gasteiger charge is -2.09. The van der Waals surface area contributed by atoms with Crippen molar-refractivity contribution in [1.29, 1.82) is 0 Å². The van der Waals surface area contributed by atoms with Crippen molar-refractivity contribution in [3.8, 4) is 5.75 Å². The molecule has 0 aliphatic rings. The van der Waals surface area contributed by atoms with E-state index in [1.807, 2.05) is 6.92 Å². The van der Waals surface area contributed by atoms with Crippen LogP contribution in [0.5, 0.6) is 5.75 Å². The number of nitrogens with one attached hydrogen (secondary N) is 2. The molecule has 4 rings (SSSR count). The first-order valence-corrected chi connectivity index (χ1v) is 10.8. The van der Waals surface area contributed by atoms with Crippen LogP contribution < -0.4 is 20.9 Å². The summed E-state index contributed by atoms with van der Waals surface area (Å²) in [6.45, 7) is 2.33. The highest BCUT2D eigenvalue weighted by atomic mass is 32.1. The molecule has 0 radical (unpaired) electrons. The molecule has 8 nitrogen and oxygen atoms in total. The van der Waals surface area contributed by atoms with Crippen molar-refractivity contribution >= 4 is 44.7 Å². The predicted molar refractivity (Wildman–Crippen MR) is 125 cm³/mol. The molecule has 32 heavy (non-hydrogen) atoms. The van der Waals surface area contributed by atoms with Gasteiger partial charge in [-0.15, -0.1) is 11.3 Å². The van der Waals surface area contributed by atoms with Gasteiger partial charge in [-0.1, -0.05) is 0 Å². The first-order valence-electron chi connectivity index (χ1n) is 9.90. The van der Waals surface area contributed by atoms with Crippen molar-refractivity contribution in [2.24, 2.45) is 0 Å². The average molecular weight is 449 g/mol. The Hall–Kier alpha value is -3.98. The van der Waals surface area contributed by atoms with Gasteiger partial charge < -0.3 is 15.4 Å². The fourth-order valence-corrected chi connectivity index (χ4v) is 3.79. The second kappa shape index (κ2) is 9.44. The largest absolute Gasteiger partial charge is 0.494 e. The smallest absolute Gasteiger partial charge is 0.262 e. The fraction of sp³-hybridized carbons (Fsp3) is 0.130. The van der Waals surface area contributed by atoms with Crippen molar-refractivity contribution in [1.82, 2.24) is 9.55 Å². The van der Waals surface area contributed by atoms with E-state index in [2.05, 4.69) is 15.6 Å². The second-order valence-corrected chi connectivity index (χ2v) is 7.75. The van der Waals surface area contributed by atoms with E-state index in [1.54, 1.807) is 60.0 Å². The quantitative estimate of drug-likeness (QED) is 0.448. The van der Waals surface area contributed by atoms with E-state index in [-0.39, 0.29) is 23.9 Å². The molecule has 2 N–H and O–H groups in total. The first-order chi connectivity index (χ1) is 15.5. The highest BCUT2D eigenvalue weighted by Crippen LogP contribution is 2.17. The molecule has 162 valence electrons. The van der Waals surface area contributed by atoms with E-state index in [4.69, 9.17) is 4.74 Å². The number of hydrogen-bond acceptors (Lipinski definition) is 6. The van der Waals surface area contributed by atoms with Crippen LogP contribution in [0.25, 0.3) is 10.2 Å². The van der Waals surface area contributed by atoms with Crippen molar-refractivity contribution in [2.45, 2.75) is 13.5 Å². The van der Waals surface area contributed by atoms with Gasteiger partial charge in [0, 0.05) is 16.9 Å². The van der Waals surface area contributed by atoms with Crippen LogP contribution in [-0.4, -0.2) is 28.0 Å². The van der Waals surface area contributed by atoms with Gasteiger partial charge >= 0.3 is 0 Å². The summed E-state index contributed by atoms with van der Waals surface area (Å²) in [5, 5.41) is 7.82. The van der Waals surface area contributed by atoms with E-state index in [9.17, 15) is 14.4 Å². The van der Waals surface area contributed by atoms with Crippen LogP contribution in [0, 0.1) is 0 Å². The van der Waals surface area contributed by atoms with Gasteiger partial charge in [-0.05, 0) is 66.9 Å². The highest BCUT2D eigenvalue weighted by Gasteiger charge is 2.10. The zero-order chi connectivity index (χ0) is 22.5. The molecule has 2 amide bonds. The number of hydrogen-bond donors (Lipinski definition) is 2. The van der Waals surface area contributed by atoms with E-state index < -0.39 is 0 Å². The summed E-state index contributed by atoms with van der Waals surface area (Å²) in [7, 11) is 0. The van der Waals surface area contributed by atoms with Crippen molar-refractivity contribution in [3.05, 3.63) is 82.2 Å². The van der Waals surface area contributed by atoms with Crippen LogP contribution in [-0.2, 0) is 11.3 Å². The second-order valence-electron chi connectivity index (χ2n) is 6.85. The Kier molecular flexibility index (Phi) is 6.27. The number of fused-ring (bicyclic) bond motifs is 1. The summed E-state index contributed by atoms with van der Waals surface area (Å²) in [6, 6.07) is 15.3. The summed E-state index contributed by atoms with van der Waals surface area (Å²) in [5.74, 6) is 0.0997. The molecular formula is C23H20N4O4S. The number of amides is 2. The molecule has 9 heteroatoms. The van der Waals surface area contributed by atoms with Gasteiger partial charge in [0.05, 0.1) is 18.3 Å². The van der Waals surface area contributed by atoms with E-state index in [0.717, 1.165) is 5.75 Å². The van der Waals surface area contributed by atoms with Gasteiger partial charge in [0.15, 0.2) is 0 Å². The average Bonchev–Trinajstić information content (AvgIpc) is 3.27. The maximum absolute atomic E-state index is 12.4. The molecule has 2 aromatic carbocycles. The standard InChI is InChI=1S/C23H20N4O4S/c1-2-31-18-9-7-17(8-10-18)26-21(29)15-3-5-16(6-4-15)25-20(28)13-27-14-24-22-19(23(27)30)11-12-32-22/h3-12,14H,2,13H2,1H3,(H,25,28)(H,26,29). The molecule has 0 atom stereocenters. The van der Waals surface area contributed by atoms with Gasteiger partial charge in [0.25, 0.3) is 11.5 Å². The van der Waals surface area contributed by atoms with Crippen LogP contribution in [0.4, 0.5) is 11.4 Å². The number of carbonyl (C=O) groups is 2. The van der Waals surface area contributed by atoms with Crippen LogP contribution in [0.1, 0.15) is 17.3 Å². The Morgan fingerprint density at radius 3 is 2.41 bits per heavy atom. The molecule has 2 aromatic heterocycles. The summed E-state index contributed by atoms with van der Waals surface area (Å²) >= 11 is 1.37. The zero-order valence-corrected chi connectivity index (χ0v) is 18.0. The lowest BCUT2D eigenvalue weighted by Crippen LogP contribution is -2.27. The summed E-state index contributed by atoms with van der Waals surface area (Å²) in [6.07, 6.45) is 1.37. The van der Waals surface area contributed by atoms with E-state index in [1.165, 1.54) is 22.2 Å². The Morgan fingerprint density at radius 1 is 1.00 bits per heavy atom. The minimum Gasteiger partial charge on any atom is -0.494 e. The Morgan fingerprint density at radius 2 is 1.69 bits per heavy atom. The van der Waals surface area contributed by atoms with Crippen molar-refractivity contribution in [3.63, 3.8) is 0 Å². The molecule has 0 bridgehead atoms. The van der Waals surface area contributed by atoms with Gasteiger partial charge in [0.2, 0.25) is 5.91 Å². The topological polar surface area (TPSA) is 102 Å². The number of rotatable bonds is 7. The first kappa shape index (κ1) is 21.3. The van der Waals surface area contributed by atoms with Gasteiger partial charge in [-0.25, -0.2) is 4.98 Å². The lowest BCUT2D eigenvalue weighted by atomic mass is 10.2. The Bertz CT molecular complexity index is 1310. The Labute approximate surface area is 187 Å². The highest BCUT2D eigenvalue weighted by molar-refractivity contribution is 7.16. The molecule has 0 aliphatic carbocycles. The number of nitrogens with zero attached hydrogens (tertiary/aromatic N) is 2. The molecule has 0 fully saturated rings. The number of aromatic nitrogens is 2. The summed E-state index contributed by atoms with van der Waals surface area (Å²) in [4.78, 5) is 42.0. The minimum atomic E-state index is -0.366. The SMILES string of the molecule is CCOc1ccc(NC(=O)c2ccc(NC(=O)Cn3cnc4sccc4c3=O)cc2)cc1. The number of ether oxygens (including phenoxy) is 1. The van der Waals surface area contributed by atoms with Gasteiger partial charge in [-0.3, -0.25) is 19.0 Å². The molecule has 2 heterocycles. The van der Waals surface area contributed by atoms with Crippen LogP contribution in [0.3, 0.4) is 0 Å². The third-order valence-electron chi connectivity index (χ3n) is 4.62. The number of benzene rings is 2. The normalized spacial score (nSPS) is 10.7. The number of carbonyl (C=O) groups excluding carboxylic acids is 2. The van der Waals surface area contributed by atoms with Crippen molar-refractivity contribution < 1.29 is 14.3 Å². The fourth-order valence-electron chi connectivity index (χ4n) is 3.07. The van der Waals surface area contributed by atoms with Crippen LogP contribution in [0.15, 0.2) is 71.1 Å². The van der Waals surface area contributed by atoms with Crippen LogP contribution in [0.2, 0.25) is 0 Å². The third-order valence-corrected chi connectivity index (χ3v) is 5.44. The lowest BCUT2D eigenvalue weighted by molar-refractivity contribution is -0.116. The van der Waals surface area contributed by atoms with E-state index in [0.29, 0.717) is 33.8 Å². The van der Waals surface area contributed by atoms with E-state index >= 15 is 0 Å². The molecule has 0 aliphatic heterocycles. The molecule has 4 aromatic rings. The predicted octanol–water partition coefficient (Wildman–Crippen LogP) is 3.75.